The number of para-hydroxylation sites is 1. The molecule has 0 saturated heterocycles. The maximum Gasteiger partial charge on any atom is 0.339 e. The molecule has 0 unspecified atom stereocenters. The molecule has 0 bridgehead atoms. The van der Waals surface area contributed by atoms with E-state index in [0.29, 0.717) is 0 Å². The highest BCUT2D eigenvalue weighted by atomic mass is 16.2. The molecule has 0 heterocycles. The number of aryl methyl sites for hydroxylation is 2. The Balaban J connectivity index is 0.00000264. The third-order valence-corrected chi connectivity index (χ3v) is 3.83. The lowest BCUT2D eigenvalue weighted by atomic mass is 9.96. The van der Waals surface area contributed by atoms with Gasteiger partial charge in [0.15, 0.2) is 0 Å². The molecule has 4 nitrogen and oxygen atoms in total. The Morgan fingerprint density at radius 1 is 1.36 bits per heavy atom. The first-order valence-electron chi connectivity index (χ1n) is 7.66. The molecule has 1 aliphatic rings. The lowest BCUT2D eigenvalue weighted by Crippen LogP contribution is -2.25. The van der Waals surface area contributed by atoms with E-state index in [1.165, 1.54) is 5.57 Å². The molecular formula is C18H27N3O. The second-order valence-corrected chi connectivity index (χ2v) is 5.44. The zero-order chi connectivity index (χ0) is 15.9. The number of urea groups is 1. The molecule has 4 heteroatoms. The summed E-state index contributed by atoms with van der Waals surface area (Å²) in [7, 11) is 0. The highest BCUT2D eigenvalue weighted by Crippen LogP contribution is 2.20. The number of hydrogen-bond donors (Lipinski definition) is 2. The summed E-state index contributed by atoms with van der Waals surface area (Å²) in [6.45, 7) is 6.08. The molecule has 1 aliphatic carbocycles. The smallest absolute Gasteiger partial charge is 0.306 e. The molecule has 0 atom stereocenters. The summed E-state index contributed by atoms with van der Waals surface area (Å²) in [5, 5.41) is 6.90. The highest BCUT2D eigenvalue weighted by Gasteiger charge is 2.07. The zero-order valence-electron chi connectivity index (χ0n) is 13.4. The van der Waals surface area contributed by atoms with Gasteiger partial charge in [-0.1, -0.05) is 42.8 Å². The maximum atomic E-state index is 11.9. The second kappa shape index (κ2) is 7.59. The number of nitrogens with zero attached hydrogens (tertiary/aromatic N) is 1. The van der Waals surface area contributed by atoms with Crippen LogP contribution in [0, 0.1) is 13.8 Å². The number of benzene rings is 1. The van der Waals surface area contributed by atoms with Gasteiger partial charge in [0, 0.05) is 8.54 Å². The summed E-state index contributed by atoms with van der Waals surface area (Å²) >= 11 is 0. The van der Waals surface area contributed by atoms with Crippen LogP contribution in [0.15, 0.2) is 46.6 Å². The number of allylic oxidation sites excluding steroid dienone is 4. The van der Waals surface area contributed by atoms with E-state index in [4.69, 9.17) is 0 Å². The zero-order valence-corrected chi connectivity index (χ0v) is 13.4. The van der Waals surface area contributed by atoms with Crippen LogP contribution in [0.4, 0.5) is 10.5 Å². The van der Waals surface area contributed by atoms with Crippen LogP contribution in [0.5, 0.6) is 0 Å². The number of nitrogens with one attached hydrogen (secondary N) is 2. The lowest BCUT2D eigenvalue weighted by molar-refractivity contribution is 0.252. The molecule has 120 valence electrons. The number of carbonyl (C=O) groups excluding carboxylic acids is 1. The van der Waals surface area contributed by atoms with Gasteiger partial charge in [0.05, 0.1) is 6.21 Å². The molecule has 2 amide bonds. The topological polar surface area (TPSA) is 53.5 Å². The molecule has 1 aromatic carbocycles. The minimum absolute atomic E-state index is 0. The van der Waals surface area contributed by atoms with Gasteiger partial charge >= 0.3 is 6.03 Å². The molecule has 0 aliphatic heterocycles. The third-order valence-electron chi connectivity index (χ3n) is 3.83. The van der Waals surface area contributed by atoms with Crippen LogP contribution in [0.1, 0.15) is 40.2 Å². The van der Waals surface area contributed by atoms with Crippen molar-refractivity contribution < 1.29 is 7.65 Å². The van der Waals surface area contributed by atoms with Gasteiger partial charge in [-0.2, -0.15) is 5.10 Å². The van der Waals surface area contributed by atoms with Gasteiger partial charge < -0.3 is 5.32 Å². The van der Waals surface area contributed by atoms with Crippen molar-refractivity contribution in [1.29, 1.82) is 0 Å². The summed E-state index contributed by atoms with van der Waals surface area (Å²) in [5.41, 5.74) is 7.90. The molecule has 2 rings (SSSR count). The van der Waals surface area contributed by atoms with Crippen molar-refractivity contribution in [2.45, 2.75) is 40.0 Å². The van der Waals surface area contributed by atoms with Crippen molar-refractivity contribution in [2.24, 2.45) is 5.10 Å². The Morgan fingerprint density at radius 2 is 2.09 bits per heavy atom. The Morgan fingerprint density at radius 3 is 2.77 bits per heavy atom. The summed E-state index contributed by atoms with van der Waals surface area (Å²) < 4.78 is 0. The van der Waals surface area contributed by atoms with E-state index in [1.54, 1.807) is 6.21 Å². The van der Waals surface area contributed by atoms with E-state index in [0.717, 1.165) is 41.6 Å². The van der Waals surface area contributed by atoms with E-state index < -0.39 is 0 Å². The van der Waals surface area contributed by atoms with Crippen LogP contribution in [0.25, 0.3) is 0 Å². The van der Waals surface area contributed by atoms with E-state index in [1.807, 2.05) is 32.0 Å². The van der Waals surface area contributed by atoms with Crippen molar-refractivity contribution in [2.75, 3.05) is 5.32 Å². The van der Waals surface area contributed by atoms with Gasteiger partial charge in [-0.25, -0.2) is 10.2 Å². The SMILES string of the molecule is CCC1=C(/C=N/NC(=O)Nc2c(C)cccc2C)C=CCC1.[HH].[HH]. The minimum Gasteiger partial charge on any atom is -0.306 e. The van der Waals surface area contributed by atoms with Crippen molar-refractivity contribution in [3.63, 3.8) is 0 Å². The third kappa shape index (κ3) is 4.07. The predicted octanol–water partition coefficient (Wildman–Crippen LogP) is 4.96. The largest absolute Gasteiger partial charge is 0.339 e. The first-order valence-corrected chi connectivity index (χ1v) is 7.66. The van der Waals surface area contributed by atoms with Gasteiger partial charge in [0.25, 0.3) is 0 Å². The van der Waals surface area contributed by atoms with Crippen LogP contribution in [0.3, 0.4) is 0 Å². The van der Waals surface area contributed by atoms with Crippen molar-refractivity contribution in [3.8, 4) is 0 Å². The van der Waals surface area contributed by atoms with E-state index in [-0.39, 0.29) is 8.88 Å². The quantitative estimate of drug-likeness (QED) is 0.599. The average Bonchev–Trinajstić information content (AvgIpc) is 2.51. The van der Waals surface area contributed by atoms with Gasteiger partial charge in [-0.15, -0.1) is 0 Å². The Kier molecular flexibility index (Phi) is 5.53. The molecule has 0 aromatic heterocycles. The summed E-state index contributed by atoms with van der Waals surface area (Å²) in [4.78, 5) is 11.9. The Bertz CT molecular complexity index is 631. The lowest BCUT2D eigenvalue weighted by Gasteiger charge is -2.12. The van der Waals surface area contributed by atoms with Gasteiger partial charge in [0.2, 0.25) is 0 Å². The number of anilines is 1. The predicted molar refractivity (Wildman–Crippen MR) is 96.5 cm³/mol. The molecule has 0 radical (unpaired) electrons. The van der Waals surface area contributed by atoms with Gasteiger partial charge in [0.1, 0.15) is 0 Å². The Hall–Kier alpha value is -2.36. The number of rotatable bonds is 4. The number of hydrazone groups is 1. The van der Waals surface area contributed by atoms with Gasteiger partial charge in [-0.05, 0) is 49.8 Å². The minimum atomic E-state index is -0.327. The van der Waals surface area contributed by atoms with Crippen LogP contribution in [-0.4, -0.2) is 12.2 Å². The number of carbonyl (C=O) groups is 1. The van der Waals surface area contributed by atoms with Crippen LogP contribution < -0.4 is 10.7 Å². The van der Waals surface area contributed by atoms with Crippen molar-refractivity contribution >= 4 is 17.9 Å². The van der Waals surface area contributed by atoms with Crippen LogP contribution >= 0.6 is 0 Å². The van der Waals surface area contributed by atoms with Crippen molar-refractivity contribution in [1.82, 2.24) is 5.43 Å². The standard InChI is InChI=1S/C18H23N3O.2H2/c1-4-15-10-5-6-11-16(15)12-19-21-18(22)20-17-13(2)8-7-9-14(17)3;;/h6-9,11-12H,4-5,10H2,1-3H3,(H2,20,21,22);2*1H/b19-12+;;. The number of hydrogen-bond acceptors (Lipinski definition) is 2. The van der Waals surface area contributed by atoms with Crippen LogP contribution in [0.2, 0.25) is 0 Å². The number of amides is 2. The summed E-state index contributed by atoms with van der Waals surface area (Å²) in [6.07, 6.45) is 9.09. The first kappa shape index (κ1) is 16.0. The van der Waals surface area contributed by atoms with Crippen LogP contribution in [-0.2, 0) is 0 Å². The normalized spacial score (nSPS) is 14.5. The summed E-state index contributed by atoms with van der Waals surface area (Å²) in [6, 6.07) is 5.58. The molecule has 0 fully saturated rings. The van der Waals surface area contributed by atoms with E-state index >= 15 is 0 Å². The molecule has 2 N–H and O–H groups in total. The molecule has 22 heavy (non-hydrogen) atoms. The second-order valence-electron chi connectivity index (χ2n) is 5.44. The van der Waals surface area contributed by atoms with Gasteiger partial charge in [-0.3, -0.25) is 0 Å². The molecule has 0 saturated carbocycles. The molecule has 0 spiro atoms. The molecular weight excluding hydrogens is 274 g/mol. The van der Waals surface area contributed by atoms with E-state index in [9.17, 15) is 4.79 Å². The fraction of sp³-hybridized carbons (Fsp3) is 0.333. The first-order chi connectivity index (χ1) is 10.6. The van der Waals surface area contributed by atoms with Crippen molar-refractivity contribution in [3.05, 3.63) is 52.6 Å². The highest BCUT2D eigenvalue weighted by molar-refractivity contribution is 5.92. The molecule has 1 aromatic rings. The maximum absolute atomic E-state index is 11.9. The van der Waals surface area contributed by atoms with E-state index in [2.05, 4.69) is 34.9 Å². The fourth-order valence-electron chi connectivity index (χ4n) is 2.56. The fourth-order valence-corrected chi connectivity index (χ4v) is 2.56. The average molecular weight is 301 g/mol. The monoisotopic (exact) mass is 301 g/mol. The Labute approximate surface area is 135 Å². The summed E-state index contributed by atoms with van der Waals surface area (Å²) in [5.74, 6) is 0.